The third-order valence-electron chi connectivity index (χ3n) is 2.87. The van der Waals surface area contributed by atoms with Crippen LogP contribution in [0.15, 0.2) is 30.3 Å². The van der Waals surface area contributed by atoms with E-state index in [0.29, 0.717) is 0 Å². The lowest BCUT2D eigenvalue weighted by atomic mass is 10.0. The average molecular weight is 216 g/mol. The first kappa shape index (κ1) is 10.8. The average Bonchev–Trinajstić information content (AvgIpc) is 2.36. The maximum Gasteiger partial charge on any atom is 0.127 e. The standard InChI is InChI=1S/C14H16O2/c1-4-10-8-9-12(15-2)11-6-5-7-13(16-3)14(10)11/h5-9H,4H2,1-3H3. The van der Waals surface area contributed by atoms with Crippen molar-refractivity contribution in [2.24, 2.45) is 0 Å². The molecule has 0 bridgehead atoms. The minimum atomic E-state index is 0.895. The first-order valence-corrected chi connectivity index (χ1v) is 5.44. The van der Waals surface area contributed by atoms with Crippen LogP contribution >= 0.6 is 0 Å². The molecule has 2 aromatic rings. The van der Waals surface area contributed by atoms with E-state index in [1.807, 2.05) is 18.2 Å². The third-order valence-corrected chi connectivity index (χ3v) is 2.87. The summed E-state index contributed by atoms with van der Waals surface area (Å²) in [5.41, 5.74) is 1.29. The molecular formula is C14H16O2. The summed E-state index contributed by atoms with van der Waals surface area (Å²) in [6.07, 6.45) is 0.987. The molecule has 0 radical (unpaired) electrons. The molecule has 0 saturated heterocycles. The van der Waals surface area contributed by atoms with Crippen molar-refractivity contribution in [3.63, 3.8) is 0 Å². The molecule has 2 rings (SSSR count). The number of aryl methyl sites for hydroxylation is 1. The number of fused-ring (bicyclic) bond motifs is 1. The highest BCUT2D eigenvalue weighted by molar-refractivity contribution is 5.95. The van der Waals surface area contributed by atoms with Crippen molar-refractivity contribution in [1.29, 1.82) is 0 Å². The quantitative estimate of drug-likeness (QED) is 0.782. The topological polar surface area (TPSA) is 18.5 Å². The number of hydrogen-bond acceptors (Lipinski definition) is 2. The van der Waals surface area contributed by atoms with Crippen molar-refractivity contribution in [3.8, 4) is 11.5 Å². The molecule has 2 heteroatoms. The second kappa shape index (κ2) is 4.44. The Morgan fingerprint density at radius 1 is 0.938 bits per heavy atom. The van der Waals surface area contributed by atoms with Gasteiger partial charge >= 0.3 is 0 Å². The van der Waals surface area contributed by atoms with Crippen molar-refractivity contribution >= 4 is 10.8 Å². The molecular weight excluding hydrogens is 200 g/mol. The van der Waals surface area contributed by atoms with Gasteiger partial charge in [0.15, 0.2) is 0 Å². The van der Waals surface area contributed by atoms with Crippen LogP contribution in [0.4, 0.5) is 0 Å². The Hall–Kier alpha value is -1.70. The Morgan fingerprint density at radius 3 is 2.31 bits per heavy atom. The third kappa shape index (κ3) is 1.60. The molecule has 2 nitrogen and oxygen atoms in total. The van der Waals surface area contributed by atoms with Gasteiger partial charge < -0.3 is 9.47 Å². The minimum absolute atomic E-state index is 0.895. The second-order valence-corrected chi connectivity index (χ2v) is 3.66. The van der Waals surface area contributed by atoms with Crippen LogP contribution < -0.4 is 9.47 Å². The largest absolute Gasteiger partial charge is 0.496 e. The highest BCUT2D eigenvalue weighted by atomic mass is 16.5. The summed E-state index contributed by atoms with van der Waals surface area (Å²) < 4.78 is 10.8. The van der Waals surface area contributed by atoms with E-state index in [0.717, 1.165) is 28.7 Å². The van der Waals surface area contributed by atoms with Crippen molar-refractivity contribution in [2.75, 3.05) is 14.2 Å². The van der Waals surface area contributed by atoms with Gasteiger partial charge in [-0.2, -0.15) is 0 Å². The fraction of sp³-hybridized carbons (Fsp3) is 0.286. The van der Waals surface area contributed by atoms with Gasteiger partial charge in [0.1, 0.15) is 11.5 Å². The number of benzene rings is 2. The Bertz CT molecular complexity index is 493. The van der Waals surface area contributed by atoms with E-state index in [9.17, 15) is 0 Å². The number of methoxy groups -OCH3 is 2. The maximum absolute atomic E-state index is 5.41. The molecule has 0 atom stereocenters. The molecule has 0 aromatic heterocycles. The van der Waals surface area contributed by atoms with Crippen LogP contribution in [0.2, 0.25) is 0 Å². The summed E-state index contributed by atoms with van der Waals surface area (Å²) in [4.78, 5) is 0. The van der Waals surface area contributed by atoms with Gasteiger partial charge in [-0.1, -0.05) is 25.1 Å². The van der Waals surface area contributed by atoms with Crippen molar-refractivity contribution in [1.82, 2.24) is 0 Å². The first-order valence-electron chi connectivity index (χ1n) is 5.44. The molecule has 0 fully saturated rings. The SMILES string of the molecule is CCc1ccc(OC)c2cccc(OC)c12. The lowest BCUT2D eigenvalue weighted by molar-refractivity contribution is 0.415. The monoisotopic (exact) mass is 216 g/mol. The lowest BCUT2D eigenvalue weighted by Gasteiger charge is -2.12. The van der Waals surface area contributed by atoms with E-state index >= 15 is 0 Å². The fourth-order valence-electron chi connectivity index (χ4n) is 2.06. The van der Waals surface area contributed by atoms with E-state index in [1.54, 1.807) is 14.2 Å². The molecule has 0 aliphatic heterocycles. The summed E-state index contributed by atoms with van der Waals surface area (Å²) in [5, 5.41) is 2.27. The van der Waals surface area contributed by atoms with E-state index in [4.69, 9.17) is 9.47 Å². The molecule has 0 heterocycles. The predicted octanol–water partition coefficient (Wildman–Crippen LogP) is 3.42. The summed E-state index contributed by atoms with van der Waals surface area (Å²) in [6.45, 7) is 2.15. The maximum atomic E-state index is 5.41. The predicted molar refractivity (Wildman–Crippen MR) is 66.4 cm³/mol. The zero-order valence-electron chi connectivity index (χ0n) is 9.91. The van der Waals surface area contributed by atoms with E-state index in [-0.39, 0.29) is 0 Å². The first-order chi connectivity index (χ1) is 7.81. The molecule has 84 valence electrons. The van der Waals surface area contributed by atoms with E-state index in [1.165, 1.54) is 5.56 Å². The van der Waals surface area contributed by atoms with E-state index < -0.39 is 0 Å². The highest BCUT2D eigenvalue weighted by Crippen LogP contribution is 2.34. The van der Waals surface area contributed by atoms with Gasteiger partial charge in [0.05, 0.1) is 14.2 Å². The van der Waals surface area contributed by atoms with Crippen LogP contribution in [-0.2, 0) is 6.42 Å². The molecule has 0 saturated carbocycles. The van der Waals surface area contributed by atoms with Crippen molar-refractivity contribution in [3.05, 3.63) is 35.9 Å². The Kier molecular flexibility index (Phi) is 3.00. The van der Waals surface area contributed by atoms with Crippen LogP contribution in [0, 0.1) is 0 Å². The van der Waals surface area contributed by atoms with Crippen LogP contribution in [-0.4, -0.2) is 14.2 Å². The summed E-state index contributed by atoms with van der Waals surface area (Å²) in [6, 6.07) is 10.2. The van der Waals surface area contributed by atoms with E-state index in [2.05, 4.69) is 19.1 Å². The zero-order valence-corrected chi connectivity index (χ0v) is 9.91. The molecule has 0 spiro atoms. The Balaban J connectivity index is 2.84. The van der Waals surface area contributed by atoms with Gasteiger partial charge in [-0.3, -0.25) is 0 Å². The Morgan fingerprint density at radius 2 is 1.69 bits per heavy atom. The van der Waals surface area contributed by atoms with Crippen LogP contribution in [0.3, 0.4) is 0 Å². The number of hydrogen-bond donors (Lipinski definition) is 0. The zero-order chi connectivity index (χ0) is 11.5. The van der Waals surface area contributed by atoms with Crippen molar-refractivity contribution < 1.29 is 9.47 Å². The van der Waals surface area contributed by atoms with Gasteiger partial charge in [-0.05, 0) is 24.1 Å². The van der Waals surface area contributed by atoms with Crippen LogP contribution in [0.25, 0.3) is 10.8 Å². The van der Waals surface area contributed by atoms with Gasteiger partial charge in [0.25, 0.3) is 0 Å². The van der Waals surface area contributed by atoms with Gasteiger partial charge in [-0.15, -0.1) is 0 Å². The van der Waals surface area contributed by atoms with Gasteiger partial charge in [-0.25, -0.2) is 0 Å². The molecule has 0 aliphatic carbocycles. The molecule has 0 aliphatic rings. The summed E-state index contributed by atoms with van der Waals surface area (Å²) in [5.74, 6) is 1.80. The highest BCUT2D eigenvalue weighted by Gasteiger charge is 2.09. The van der Waals surface area contributed by atoms with Crippen LogP contribution in [0.1, 0.15) is 12.5 Å². The van der Waals surface area contributed by atoms with Crippen LogP contribution in [0.5, 0.6) is 11.5 Å². The van der Waals surface area contributed by atoms with Gasteiger partial charge in [0, 0.05) is 10.8 Å². The number of ether oxygens (including phenoxy) is 2. The van der Waals surface area contributed by atoms with Gasteiger partial charge in [0.2, 0.25) is 0 Å². The summed E-state index contributed by atoms with van der Waals surface area (Å²) in [7, 11) is 3.40. The smallest absolute Gasteiger partial charge is 0.127 e. The molecule has 16 heavy (non-hydrogen) atoms. The molecule has 0 N–H and O–H groups in total. The molecule has 2 aromatic carbocycles. The Labute approximate surface area is 95.8 Å². The normalized spacial score (nSPS) is 10.4. The fourth-order valence-corrected chi connectivity index (χ4v) is 2.06. The molecule has 0 unspecified atom stereocenters. The van der Waals surface area contributed by atoms with Crippen molar-refractivity contribution in [2.45, 2.75) is 13.3 Å². The minimum Gasteiger partial charge on any atom is -0.496 e. The number of rotatable bonds is 3. The lowest BCUT2D eigenvalue weighted by Crippen LogP contribution is -1.92. The second-order valence-electron chi connectivity index (χ2n) is 3.66. The summed E-state index contributed by atoms with van der Waals surface area (Å²) >= 11 is 0. The molecule has 0 amide bonds.